The highest BCUT2D eigenvalue weighted by atomic mass is 32.2. The third-order valence-electron chi connectivity index (χ3n) is 5.72. The molecule has 0 bridgehead atoms. The molecule has 0 radical (unpaired) electrons. The summed E-state index contributed by atoms with van der Waals surface area (Å²) < 4.78 is 7.17. The molecular formula is C25H30N6O3S. The molecule has 1 aliphatic heterocycles. The van der Waals surface area contributed by atoms with Gasteiger partial charge < -0.3 is 14.6 Å². The smallest absolute Gasteiger partial charge is 0.325 e. The Morgan fingerprint density at radius 3 is 2.43 bits per heavy atom. The standard InChI is InChI=1S/C25H30N6O3S/c1-34-21-12-10-20(11-13-21)26-24(33)27-23(32)18-35-25-29-28-22(17-30-14-6-3-7-15-30)31(25)16-19-8-4-2-5-9-19/h2,4-5,8-13H,3,6-7,14-18H2,1H3,(H2,26,27,32,33). The maximum atomic E-state index is 12.4. The topological polar surface area (TPSA) is 101 Å². The van der Waals surface area contributed by atoms with Crippen LogP contribution >= 0.6 is 11.8 Å². The molecule has 0 aliphatic carbocycles. The van der Waals surface area contributed by atoms with Gasteiger partial charge >= 0.3 is 6.03 Å². The van der Waals surface area contributed by atoms with Crippen molar-refractivity contribution < 1.29 is 14.3 Å². The van der Waals surface area contributed by atoms with Crippen LogP contribution in [-0.4, -0.2) is 57.6 Å². The molecular weight excluding hydrogens is 464 g/mol. The summed E-state index contributed by atoms with van der Waals surface area (Å²) in [6, 6.07) is 16.4. The van der Waals surface area contributed by atoms with E-state index < -0.39 is 11.9 Å². The minimum Gasteiger partial charge on any atom is -0.497 e. The number of amides is 3. The van der Waals surface area contributed by atoms with Gasteiger partial charge in [0.2, 0.25) is 5.91 Å². The molecule has 0 saturated carbocycles. The Balaban J connectivity index is 1.36. The fourth-order valence-electron chi connectivity index (χ4n) is 3.91. The molecule has 0 atom stereocenters. The summed E-state index contributed by atoms with van der Waals surface area (Å²) in [5.41, 5.74) is 1.70. The van der Waals surface area contributed by atoms with Crippen LogP contribution in [0.25, 0.3) is 0 Å². The Morgan fingerprint density at radius 1 is 0.971 bits per heavy atom. The number of urea groups is 1. The maximum Gasteiger partial charge on any atom is 0.325 e. The molecule has 4 rings (SSSR count). The summed E-state index contributed by atoms with van der Waals surface area (Å²) in [5, 5.41) is 14.5. The maximum absolute atomic E-state index is 12.4. The monoisotopic (exact) mass is 494 g/mol. The zero-order valence-corrected chi connectivity index (χ0v) is 20.6. The van der Waals surface area contributed by atoms with Gasteiger partial charge in [0.05, 0.1) is 26.0 Å². The fraction of sp³-hybridized carbons (Fsp3) is 0.360. The lowest BCUT2D eigenvalue weighted by atomic mass is 10.1. The largest absolute Gasteiger partial charge is 0.497 e. The van der Waals surface area contributed by atoms with Gasteiger partial charge in [0.1, 0.15) is 11.6 Å². The number of nitrogens with one attached hydrogen (secondary N) is 2. The van der Waals surface area contributed by atoms with Crippen LogP contribution in [-0.2, 0) is 17.9 Å². The lowest BCUT2D eigenvalue weighted by Crippen LogP contribution is -2.35. The van der Waals surface area contributed by atoms with Crippen LogP contribution in [0.15, 0.2) is 59.8 Å². The second-order valence-electron chi connectivity index (χ2n) is 8.33. The van der Waals surface area contributed by atoms with Gasteiger partial charge in [-0.15, -0.1) is 10.2 Å². The number of anilines is 1. The van der Waals surface area contributed by atoms with E-state index >= 15 is 0 Å². The highest BCUT2D eigenvalue weighted by Gasteiger charge is 2.19. The van der Waals surface area contributed by atoms with Gasteiger partial charge in [-0.25, -0.2) is 4.79 Å². The zero-order chi connectivity index (χ0) is 24.5. The molecule has 3 amide bonds. The fourth-order valence-corrected chi connectivity index (χ4v) is 4.67. The van der Waals surface area contributed by atoms with Crippen LogP contribution in [0.2, 0.25) is 0 Å². The first kappa shape index (κ1) is 24.7. The second kappa shape index (κ2) is 12.4. The molecule has 35 heavy (non-hydrogen) atoms. The van der Waals surface area contributed by atoms with E-state index in [1.54, 1.807) is 31.4 Å². The minimum absolute atomic E-state index is 0.0483. The van der Waals surface area contributed by atoms with E-state index in [0.717, 1.165) is 31.0 Å². The number of nitrogens with zero attached hydrogens (tertiary/aromatic N) is 4. The highest BCUT2D eigenvalue weighted by Crippen LogP contribution is 2.21. The number of piperidine rings is 1. The van der Waals surface area contributed by atoms with E-state index in [2.05, 4.69) is 42.4 Å². The molecule has 9 nitrogen and oxygen atoms in total. The average molecular weight is 495 g/mol. The number of thioether (sulfide) groups is 1. The molecule has 1 aromatic heterocycles. The van der Waals surface area contributed by atoms with Gasteiger partial charge in [-0.05, 0) is 55.8 Å². The zero-order valence-electron chi connectivity index (χ0n) is 19.8. The van der Waals surface area contributed by atoms with Crippen molar-refractivity contribution in [3.63, 3.8) is 0 Å². The number of ether oxygens (including phenoxy) is 1. The summed E-state index contributed by atoms with van der Waals surface area (Å²) >= 11 is 1.27. The molecule has 3 aromatic rings. The quantitative estimate of drug-likeness (QED) is 0.437. The molecule has 0 spiro atoms. The van der Waals surface area contributed by atoms with Gasteiger partial charge in [0.15, 0.2) is 5.16 Å². The normalized spacial score (nSPS) is 13.9. The average Bonchev–Trinajstić information content (AvgIpc) is 3.25. The predicted molar refractivity (Wildman–Crippen MR) is 136 cm³/mol. The molecule has 2 heterocycles. The molecule has 184 valence electrons. The van der Waals surface area contributed by atoms with Crippen molar-refractivity contribution >= 4 is 29.4 Å². The molecule has 1 saturated heterocycles. The molecule has 1 fully saturated rings. The molecule has 10 heteroatoms. The first-order valence-electron chi connectivity index (χ1n) is 11.7. The summed E-state index contributed by atoms with van der Waals surface area (Å²) in [6.45, 7) is 3.48. The molecule has 0 unspecified atom stereocenters. The van der Waals surface area contributed by atoms with Crippen LogP contribution < -0.4 is 15.4 Å². The van der Waals surface area contributed by atoms with Crippen LogP contribution in [0.5, 0.6) is 5.75 Å². The third kappa shape index (κ3) is 7.30. The predicted octanol–water partition coefficient (Wildman–Crippen LogP) is 3.76. The van der Waals surface area contributed by atoms with E-state index in [9.17, 15) is 9.59 Å². The lowest BCUT2D eigenvalue weighted by molar-refractivity contribution is -0.117. The lowest BCUT2D eigenvalue weighted by Gasteiger charge is -2.26. The van der Waals surface area contributed by atoms with Crippen LogP contribution in [0.4, 0.5) is 10.5 Å². The van der Waals surface area contributed by atoms with E-state index in [-0.39, 0.29) is 5.75 Å². The summed E-state index contributed by atoms with van der Waals surface area (Å²) in [6.07, 6.45) is 3.68. The van der Waals surface area contributed by atoms with Gasteiger partial charge in [0.25, 0.3) is 0 Å². The number of carbonyl (C=O) groups excluding carboxylic acids is 2. The number of methoxy groups -OCH3 is 1. The molecule has 1 aliphatic rings. The highest BCUT2D eigenvalue weighted by molar-refractivity contribution is 7.99. The number of likely N-dealkylation sites (tertiary alicyclic amines) is 1. The van der Waals surface area contributed by atoms with E-state index in [1.807, 2.05) is 18.2 Å². The second-order valence-corrected chi connectivity index (χ2v) is 9.27. The summed E-state index contributed by atoms with van der Waals surface area (Å²) in [4.78, 5) is 27.0. The number of benzene rings is 2. The van der Waals surface area contributed by atoms with Gasteiger partial charge in [-0.1, -0.05) is 48.5 Å². The summed E-state index contributed by atoms with van der Waals surface area (Å²) in [5.74, 6) is 1.21. The Labute approximate surface area is 209 Å². The number of hydrogen-bond donors (Lipinski definition) is 2. The van der Waals surface area contributed by atoms with E-state index in [4.69, 9.17) is 4.74 Å². The van der Waals surface area contributed by atoms with Crippen molar-refractivity contribution in [1.29, 1.82) is 0 Å². The Bertz CT molecular complexity index is 1110. The Morgan fingerprint density at radius 2 is 1.71 bits per heavy atom. The van der Waals surface area contributed by atoms with E-state index in [1.165, 1.54) is 31.0 Å². The van der Waals surface area contributed by atoms with Crippen molar-refractivity contribution in [2.45, 2.75) is 37.5 Å². The summed E-state index contributed by atoms with van der Waals surface area (Å²) in [7, 11) is 1.57. The van der Waals surface area contributed by atoms with Crippen molar-refractivity contribution in [1.82, 2.24) is 25.0 Å². The molecule has 2 aromatic carbocycles. The van der Waals surface area contributed by atoms with Crippen molar-refractivity contribution in [2.24, 2.45) is 0 Å². The first-order chi connectivity index (χ1) is 17.1. The first-order valence-corrected chi connectivity index (χ1v) is 12.7. The number of imide groups is 1. The van der Waals surface area contributed by atoms with E-state index in [0.29, 0.717) is 23.1 Å². The van der Waals surface area contributed by atoms with Crippen LogP contribution in [0, 0.1) is 0 Å². The molecule has 2 N–H and O–H groups in total. The van der Waals surface area contributed by atoms with Crippen LogP contribution in [0.3, 0.4) is 0 Å². The number of aromatic nitrogens is 3. The van der Waals surface area contributed by atoms with Gasteiger partial charge in [0, 0.05) is 5.69 Å². The van der Waals surface area contributed by atoms with Crippen molar-refractivity contribution in [3.05, 3.63) is 66.0 Å². The van der Waals surface area contributed by atoms with Gasteiger partial charge in [-0.3, -0.25) is 15.0 Å². The Hall–Kier alpha value is -3.37. The Kier molecular flexibility index (Phi) is 8.74. The number of carbonyl (C=O) groups is 2. The minimum atomic E-state index is -0.586. The number of hydrogen-bond acceptors (Lipinski definition) is 7. The van der Waals surface area contributed by atoms with Crippen molar-refractivity contribution in [2.75, 3.05) is 31.3 Å². The third-order valence-corrected chi connectivity index (χ3v) is 6.69. The number of rotatable bonds is 9. The van der Waals surface area contributed by atoms with Crippen molar-refractivity contribution in [3.8, 4) is 5.75 Å². The SMILES string of the molecule is COc1ccc(NC(=O)NC(=O)CSc2nnc(CN3CCCCC3)n2Cc2ccccc2)cc1. The van der Waals surface area contributed by atoms with Crippen LogP contribution in [0.1, 0.15) is 30.7 Å². The van der Waals surface area contributed by atoms with Gasteiger partial charge in [-0.2, -0.15) is 0 Å².